The van der Waals surface area contributed by atoms with Gasteiger partial charge in [0.05, 0.1) is 11.4 Å². The molecular weight excluding hydrogens is 244 g/mol. The average Bonchev–Trinajstić information content (AvgIpc) is 2.90. The molecule has 4 nitrogen and oxygen atoms in total. The molecule has 0 aliphatic heterocycles. The van der Waals surface area contributed by atoms with E-state index >= 15 is 0 Å². The predicted molar refractivity (Wildman–Crippen MR) is 77.6 cm³/mol. The Balaban J connectivity index is 1.84. The normalized spacial score (nSPS) is 16.6. The van der Waals surface area contributed by atoms with Crippen LogP contribution in [-0.4, -0.2) is 21.8 Å². The van der Waals surface area contributed by atoms with Crippen LogP contribution < -0.4 is 10.7 Å². The van der Waals surface area contributed by atoms with E-state index in [1.54, 1.807) is 6.20 Å². The first kappa shape index (κ1) is 13.0. The van der Waals surface area contributed by atoms with E-state index in [1.807, 2.05) is 25.1 Å². The SMILES string of the molecule is C/C(=N\NC(=S)NC1CCCC1)c1ccccn1. The van der Waals surface area contributed by atoms with Crippen molar-refractivity contribution in [3.8, 4) is 0 Å². The summed E-state index contributed by atoms with van der Waals surface area (Å²) in [5.74, 6) is 0. The van der Waals surface area contributed by atoms with Gasteiger partial charge in [0.1, 0.15) is 0 Å². The van der Waals surface area contributed by atoms with Gasteiger partial charge in [0.25, 0.3) is 0 Å². The lowest BCUT2D eigenvalue weighted by Gasteiger charge is -2.13. The molecule has 0 radical (unpaired) electrons. The van der Waals surface area contributed by atoms with Crippen LogP contribution in [0.3, 0.4) is 0 Å². The second-order valence-corrected chi connectivity index (χ2v) is 4.89. The van der Waals surface area contributed by atoms with E-state index < -0.39 is 0 Å². The van der Waals surface area contributed by atoms with Crippen molar-refractivity contribution < 1.29 is 0 Å². The molecule has 2 rings (SSSR count). The Morgan fingerprint density at radius 3 is 2.83 bits per heavy atom. The topological polar surface area (TPSA) is 49.3 Å². The summed E-state index contributed by atoms with van der Waals surface area (Å²) in [7, 11) is 0. The lowest BCUT2D eigenvalue weighted by molar-refractivity contribution is 0.624. The molecule has 1 aliphatic carbocycles. The Morgan fingerprint density at radius 2 is 2.17 bits per heavy atom. The Morgan fingerprint density at radius 1 is 1.39 bits per heavy atom. The van der Waals surface area contributed by atoms with Gasteiger partial charge in [0.15, 0.2) is 5.11 Å². The Hall–Kier alpha value is -1.49. The van der Waals surface area contributed by atoms with Gasteiger partial charge in [-0.15, -0.1) is 0 Å². The zero-order valence-corrected chi connectivity index (χ0v) is 11.3. The van der Waals surface area contributed by atoms with Crippen LogP contribution in [-0.2, 0) is 0 Å². The number of nitrogens with one attached hydrogen (secondary N) is 2. The molecule has 0 amide bonds. The largest absolute Gasteiger partial charge is 0.359 e. The molecule has 1 heterocycles. The van der Waals surface area contributed by atoms with E-state index in [4.69, 9.17) is 12.2 Å². The van der Waals surface area contributed by atoms with Crippen LogP contribution >= 0.6 is 12.2 Å². The number of thiocarbonyl (C=S) groups is 1. The Kier molecular flexibility index (Phi) is 4.64. The number of hydrogen-bond acceptors (Lipinski definition) is 3. The summed E-state index contributed by atoms with van der Waals surface area (Å²) in [6, 6.07) is 6.26. The summed E-state index contributed by atoms with van der Waals surface area (Å²) in [5, 5.41) is 8.11. The highest BCUT2D eigenvalue weighted by Crippen LogP contribution is 2.17. The molecule has 0 saturated heterocycles. The van der Waals surface area contributed by atoms with Crippen LogP contribution in [0.15, 0.2) is 29.5 Å². The van der Waals surface area contributed by atoms with Gasteiger partial charge in [-0.05, 0) is 44.1 Å². The fraction of sp³-hybridized carbons (Fsp3) is 0.462. The quantitative estimate of drug-likeness (QED) is 0.498. The van der Waals surface area contributed by atoms with Crippen LogP contribution in [0.25, 0.3) is 0 Å². The van der Waals surface area contributed by atoms with Crippen molar-refractivity contribution >= 4 is 23.0 Å². The predicted octanol–water partition coefficient (Wildman–Crippen LogP) is 2.21. The van der Waals surface area contributed by atoms with Gasteiger partial charge >= 0.3 is 0 Å². The standard InChI is InChI=1S/C13H18N4S/c1-10(12-8-4-5-9-14-12)16-17-13(18)15-11-6-2-3-7-11/h4-5,8-9,11H,2-3,6-7H2,1H3,(H2,15,17,18)/b16-10+. The highest BCUT2D eigenvalue weighted by atomic mass is 32.1. The van der Waals surface area contributed by atoms with Gasteiger partial charge < -0.3 is 5.32 Å². The van der Waals surface area contributed by atoms with E-state index in [2.05, 4.69) is 20.8 Å². The number of rotatable bonds is 3. The first-order valence-electron chi connectivity index (χ1n) is 6.28. The van der Waals surface area contributed by atoms with Gasteiger partial charge in [0.2, 0.25) is 0 Å². The monoisotopic (exact) mass is 262 g/mol. The van der Waals surface area contributed by atoms with E-state index in [9.17, 15) is 0 Å². The molecule has 0 aromatic carbocycles. The van der Waals surface area contributed by atoms with Crippen LogP contribution in [0.1, 0.15) is 38.3 Å². The minimum Gasteiger partial charge on any atom is -0.359 e. The first-order valence-corrected chi connectivity index (χ1v) is 6.69. The Bertz CT molecular complexity index is 424. The first-order chi connectivity index (χ1) is 8.75. The third kappa shape index (κ3) is 3.77. The van der Waals surface area contributed by atoms with Gasteiger partial charge in [-0.2, -0.15) is 5.10 Å². The summed E-state index contributed by atoms with van der Waals surface area (Å²) in [6.07, 6.45) is 6.73. The molecule has 1 aliphatic rings. The third-order valence-corrected chi connectivity index (χ3v) is 3.26. The van der Waals surface area contributed by atoms with Crippen molar-refractivity contribution in [3.63, 3.8) is 0 Å². The fourth-order valence-electron chi connectivity index (χ4n) is 2.06. The summed E-state index contributed by atoms with van der Waals surface area (Å²) in [6.45, 7) is 1.91. The summed E-state index contributed by atoms with van der Waals surface area (Å²) >= 11 is 5.21. The lowest BCUT2D eigenvalue weighted by atomic mass is 10.2. The molecular formula is C13H18N4S. The van der Waals surface area contributed by atoms with Crippen LogP contribution in [0.5, 0.6) is 0 Å². The number of nitrogens with zero attached hydrogens (tertiary/aromatic N) is 2. The molecule has 1 fully saturated rings. The lowest BCUT2D eigenvalue weighted by Crippen LogP contribution is -2.38. The van der Waals surface area contributed by atoms with Crippen molar-refractivity contribution in [2.45, 2.75) is 38.6 Å². The van der Waals surface area contributed by atoms with E-state index in [0.29, 0.717) is 11.2 Å². The summed E-state index contributed by atoms with van der Waals surface area (Å²) in [5.41, 5.74) is 4.56. The number of aromatic nitrogens is 1. The average molecular weight is 262 g/mol. The van der Waals surface area contributed by atoms with Crippen molar-refractivity contribution in [1.29, 1.82) is 0 Å². The van der Waals surface area contributed by atoms with E-state index in [-0.39, 0.29) is 0 Å². The Labute approximate surface area is 113 Å². The molecule has 2 N–H and O–H groups in total. The molecule has 1 aromatic rings. The van der Waals surface area contributed by atoms with Crippen LogP contribution in [0.2, 0.25) is 0 Å². The zero-order chi connectivity index (χ0) is 12.8. The van der Waals surface area contributed by atoms with Crippen LogP contribution in [0, 0.1) is 0 Å². The van der Waals surface area contributed by atoms with Crippen LogP contribution in [0.4, 0.5) is 0 Å². The maximum Gasteiger partial charge on any atom is 0.187 e. The summed E-state index contributed by atoms with van der Waals surface area (Å²) < 4.78 is 0. The molecule has 18 heavy (non-hydrogen) atoms. The molecule has 0 atom stereocenters. The van der Waals surface area contributed by atoms with Gasteiger partial charge in [-0.3, -0.25) is 10.4 Å². The number of hydrogen-bond donors (Lipinski definition) is 2. The third-order valence-electron chi connectivity index (χ3n) is 3.05. The van der Waals surface area contributed by atoms with E-state index in [1.165, 1.54) is 25.7 Å². The van der Waals surface area contributed by atoms with Gasteiger partial charge in [0, 0.05) is 12.2 Å². The van der Waals surface area contributed by atoms with E-state index in [0.717, 1.165) is 11.4 Å². The summed E-state index contributed by atoms with van der Waals surface area (Å²) in [4.78, 5) is 4.23. The van der Waals surface area contributed by atoms with Crippen molar-refractivity contribution in [2.24, 2.45) is 5.10 Å². The highest BCUT2D eigenvalue weighted by molar-refractivity contribution is 7.80. The smallest absolute Gasteiger partial charge is 0.187 e. The van der Waals surface area contributed by atoms with Crippen molar-refractivity contribution in [3.05, 3.63) is 30.1 Å². The molecule has 1 aromatic heterocycles. The fourth-order valence-corrected chi connectivity index (χ4v) is 2.27. The number of pyridine rings is 1. The highest BCUT2D eigenvalue weighted by Gasteiger charge is 2.15. The molecule has 0 bridgehead atoms. The molecule has 1 saturated carbocycles. The maximum absolute atomic E-state index is 5.21. The maximum atomic E-state index is 5.21. The minimum atomic E-state index is 0.510. The number of hydrazone groups is 1. The van der Waals surface area contributed by atoms with Gasteiger partial charge in [-0.1, -0.05) is 18.9 Å². The molecule has 5 heteroatoms. The molecule has 96 valence electrons. The van der Waals surface area contributed by atoms with Crippen molar-refractivity contribution in [1.82, 2.24) is 15.7 Å². The second-order valence-electron chi connectivity index (χ2n) is 4.48. The van der Waals surface area contributed by atoms with Crippen molar-refractivity contribution in [2.75, 3.05) is 0 Å². The molecule has 0 spiro atoms. The molecule has 0 unspecified atom stereocenters. The minimum absolute atomic E-state index is 0.510. The van der Waals surface area contributed by atoms with Gasteiger partial charge in [-0.25, -0.2) is 0 Å². The second kappa shape index (κ2) is 6.44. The zero-order valence-electron chi connectivity index (χ0n) is 10.5.